The lowest BCUT2D eigenvalue weighted by Gasteiger charge is -2.35. The first-order chi connectivity index (χ1) is 10.8. The van der Waals surface area contributed by atoms with Crippen LogP contribution in [-0.4, -0.2) is 29.8 Å². The van der Waals surface area contributed by atoms with Crippen molar-refractivity contribution in [2.75, 3.05) is 7.11 Å². The number of hydrogen-bond donors (Lipinski definition) is 1. The molecule has 1 fully saturated rings. The van der Waals surface area contributed by atoms with Gasteiger partial charge in [0.2, 0.25) is 0 Å². The van der Waals surface area contributed by atoms with E-state index in [1.165, 1.54) is 25.5 Å². The van der Waals surface area contributed by atoms with E-state index in [9.17, 15) is 19.5 Å². The molecule has 1 aliphatic rings. The van der Waals surface area contributed by atoms with Gasteiger partial charge in [-0.1, -0.05) is 13.8 Å². The highest BCUT2D eigenvalue weighted by Crippen LogP contribution is 2.40. The van der Waals surface area contributed by atoms with Crippen LogP contribution in [0.4, 0.5) is 0 Å². The van der Waals surface area contributed by atoms with Crippen molar-refractivity contribution in [1.29, 1.82) is 0 Å². The molecule has 1 aromatic rings. The van der Waals surface area contributed by atoms with E-state index in [-0.39, 0.29) is 12.0 Å². The van der Waals surface area contributed by atoms with Gasteiger partial charge in [-0.3, -0.25) is 14.4 Å². The molecule has 0 aliphatic heterocycles. The summed E-state index contributed by atoms with van der Waals surface area (Å²) in [5.41, 5.74) is -1.24. The summed E-state index contributed by atoms with van der Waals surface area (Å²) >= 11 is 0. The van der Waals surface area contributed by atoms with Crippen molar-refractivity contribution in [1.82, 2.24) is 0 Å². The van der Waals surface area contributed by atoms with Gasteiger partial charge in [0.1, 0.15) is 23.0 Å². The number of carbonyl (C=O) groups excluding carboxylic acids is 3. The summed E-state index contributed by atoms with van der Waals surface area (Å²) in [6.45, 7) is 3.30. The van der Waals surface area contributed by atoms with Gasteiger partial charge in [0.05, 0.1) is 13.4 Å². The lowest BCUT2D eigenvalue weighted by atomic mass is 9.65. The molecule has 1 aromatic heterocycles. The van der Waals surface area contributed by atoms with E-state index in [0.717, 1.165) is 0 Å². The van der Waals surface area contributed by atoms with Crippen LogP contribution in [0.5, 0.6) is 0 Å². The zero-order chi connectivity index (χ0) is 17.2. The van der Waals surface area contributed by atoms with E-state index >= 15 is 0 Å². The standard InChI is InChI=1S/C17H18O6/c1-17(2)9-12(19)13(15(20)14(17)16(21)22-3)11(18)7-6-10-5-4-8-23-10/h4-8,14,18H,9H2,1-3H3/b7-6+,13-11?. The van der Waals surface area contributed by atoms with Gasteiger partial charge in [-0.2, -0.15) is 0 Å². The lowest BCUT2D eigenvalue weighted by Crippen LogP contribution is -2.46. The normalized spacial score (nSPS) is 23.2. The number of ether oxygens (including phenoxy) is 1. The topological polar surface area (TPSA) is 93.8 Å². The number of Topliss-reactive ketones (excluding diaryl/α,β-unsaturated/α-hetero) is 2. The Labute approximate surface area is 133 Å². The third-order valence-electron chi connectivity index (χ3n) is 3.83. The van der Waals surface area contributed by atoms with Crippen LogP contribution >= 0.6 is 0 Å². The molecule has 1 heterocycles. The number of rotatable bonds is 3. The molecule has 1 aliphatic carbocycles. The molecular weight excluding hydrogens is 300 g/mol. The third-order valence-corrected chi connectivity index (χ3v) is 3.83. The minimum absolute atomic E-state index is 0.0352. The SMILES string of the molecule is COC(=O)C1C(=O)C(=C(O)/C=C/c2ccco2)C(=O)CC1(C)C. The van der Waals surface area contributed by atoms with Crippen molar-refractivity contribution < 1.29 is 28.6 Å². The fourth-order valence-corrected chi connectivity index (χ4v) is 2.68. The van der Waals surface area contributed by atoms with Crippen molar-refractivity contribution >= 4 is 23.6 Å². The van der Waals surface area contributed by atoms with Gasteiger partial charge in [0, 0.05) is 6.42 Å². The first-order valence-corrected chi connectivity index (χ1v) is 7.08. The van der Waals surface area contributed by atoms with Crippen LogP contribution in [0.15, 0.2) is 40.2 Å². The summed E-state index contributed by atoms with van der Waals surface area (Å²) in [7, 11) is 1.18. The highest BCUT2D eigenvalue weighted by Gasteiger charge is 2.50. The molecule has 0 aromatic carbocycles. The first kappa shape index (κ1) is 16.7. The number of aliphatic hydroxyl groups excluding tert-OH is 1. The van der Waals surface area contributed by atoms with Gasteiger partial charge in [0.15, 0.2) is 11.6 Å². The number of esters is 1. The van der Waals surface area contributed by atoms with Crippen molar-refractivity contribution in [2.24, 2.45) is 11.3 Å². The van der Waals surface area contributed by atoms with Gasteiger partial charge in [-0.05, 0) is 29.7 Å². The van der Waals surface area contributed by atoms with Crippen molar-refractivity contribution in [3.63, 3.8) is 0 Å². The summed E-state index contributed by atoms with van der Waals surface area (Å²) in [6, 6.07) is 3.32. The molecule has 0 radical (unpaired) electrons. The molecule has 0 saturated heterocycles. The molecule has 1 unspecified atom stereocenters. The van der Waals surface area contributed by atoms with E-state index in [2.05, 4.69) is 4.74 Å². The number of methoxy groups -OCH3 is 1. The maximum absolute atomic E-state index is 12.6. The van der Waals surface area contributed by atoms with Gasteiger partial charge in [-0.15, -0.1) is 0 Å². The van der Waals surface area contributed by atoms with Gasteiger partial charge < -0.3 is 14.3 Å². The summed E-state index contributed by atoms with van der Waals surface area (Å²) in [6.07, 6.45) is 4.05. The smallest absolute Gasteiger partial charge is 0.317 e. The summed E-state index contributed by atoms with van der Waals surface area (Å²) in [5.74, 6) is -3.09. The average molecular weight is 318 g/mol. The fourth-order valence-electron chi connectivity index (χ4n) is 2.68. The van der Waals surface area contributed by atoms with E-state index < -0.39 is 34.6 Å². The molecule has 23 heavy (non-hydrogen) atoms. The molecule has 1 N–H and O–H groups in total. The molecule has 0 amide bonds. The van der Waals surface area contributed by atoms with Crippen LogP contribution in [0, 0.1) is 11.3 Å². The number of aliphatic hydroxyl groups is 1. The monoisotopic (exact) mass is 318 g/mol. The van der Waals surface area contributed by atoms with Gasteiger partial charge in [0.25, 0.3) is 0 Å². The zero-order valence-corrected chi connectivity index (χ0v) is 13.2. The van der Waals surface area contributed by atoms with Crippen LogP contribution < -0.4 is 0 Å². The van der Waals surface area contributed by atoms with Crippen molar-refractivity contribution in [2.45, 2.75) is 20.3 Å². The second-order valence-corrected chi connectivity index (χ2v) is 6.02. The molecule has 122 valence electrons. The zero-order valence-electron chi connectivity index (χ0n) is 13.2. The fraction of sp³-hybridized carbons (Fsp3) is 0.353. The quantitative estimate of drug-likeness (QED) is 0.302. The molecular formula is C17H18O6. The predicted octanol–water partition coefficient (Wildman–Crippen LogP) is 2.46. The Hall–Kier alpha value is -2.63. The Kier molecular flexibility index (Phi) is 4.54. The first-order valence-electron chi connectivity index (χ1n) is 7.08. The van der Waals surface area contributed by atoms with Crippen LogP contribution in [0.2, 0.25) is 0 Å². The van der Waals surface area contributed by atoms with Crippen molar-refractivity contribution in [3.05, 3.63) is 41.6 Å². The van der Waals surface area contributed by atoms with Gasteiger partial charge >= 0.3 is 5.97 Å². The minimum Gasteiger partial charge on any atom is -0.507 e. The maximum atomic E-state index is 12.6. The van der Waals surface area contributed by atoms with E-state index in [0.29, 0.717) is 5.76 Å². The van der Waals surface area contributed by atoms with Crippen LogP contribution in [0.25, 0.3) is 6.08 Å². The number of allylic oxidation sites excluding steroid dienone is 2. The lowest BCUT2D eigenvalue weighted by molar-refractivity contribution is -0.155. The van der Waals surface area contributed by atoms with Crippen LogP contribution in [-0.2, 0) is 19.1 Å². The molecule has 6 nitrogen and oxygen atoms in total. The summed E-state index contributed by atoms with van der Waals surface area (Å²) < 4.78 is 9.74. The maximum Gasteiger partial charge on any atom is 0.317 e. The van der Waals surface area contributed by atoms with E-state index in [4.69, 9.17) is 4.42 Å². The second kappa shape index (κ2) is 6.24. The van der Waals surface area contributed by atoms with E-state index in [1.54, 1.807) is 26.0 Å². The third kappa shape index (κ3) is 3.26. The Morgan fingerprint density at radius 3 is 2.70 bits per heavy atom. The Balaban J connectivity index is 2.41. The minimum atomic E-state index is -1.13. The summed E-state index contributed by atoms with van der Waals surface area (Å²) in [5, 5.41) is 10.1. The van der Waals surface area contributed by atoms with Crippen LogP contribution in [0.3, 0.4) is 0 Å². The Morgan fingerprint density at radius 2 is 2.13 bits per heavy atom. The Bertz CT molecular complexity index is 691. The Morgan fingerprint density at radius 1 is 1.43 bits per heavy atom. The molecule has 6 heteroatoms. The molecule has 0 bridgehead atoms. The predicted molar refractivity (Wildman–Crippen MR) is 81.3 cm³/mol. The highest BCUT2D eigenvalue weighted by molar-refractivity contribution is 6.27. The largest absolute Gasteiger partial charge is 0.507 e. The number of ketones is 2. The van der Waals surface area contributed by atoms with Crippen LogP contribution in [0.1, 0.15) is 26.0 Å². The number of hydrogen-bond acceptors (Lipinski definition) is 6. The summed E-state index contributed by atoms with van der Waals surface area (Å²) in [4.78, 5) is 36.7. The van der Waals surface area contributed by atoms with Gasteiger partial charge in [-0.25, -0.2) is 0 Å². The number of furan rings is 1. The molecule has 0 spiro atoms. The second-order valence-electron chi connectivity index (χ2n) is 6.02. The molecule has 1 atom stereocenters. The van der Waals surface area contributed by atoms with E-state index in [1.807, 2.05) is 0 Å². The highest BCUT2D eigenvalue weighted by atomic mass is 16.5. The van der Waals surface area contributed by atoms with Crippen molar-refractivity contribution in [3.8, 4) is 0 Å². The molecule has 1 saturated carbocycles. The molecule has 2 rings (SSSR count). The number of carbonyl (C=O) groups is 3. The average Bonchev–Trinajstić information content (AvgIpc) is 2.96.